The number of benzene rings is 2. The van der Waals surface area contributed by atoms with E-state index in [1.54, 1.807) is 41.6 Å². The molecule has 236 valence electrons. The van der Waals surface area contributed by atoms with E-state index < -0.39 is 27.6 Å². The van der Waals surface area contributed by atoms with Crippen molar-refractivity contribution < 1.29 is 26.0 Å². The van der Waals surface area contributed by atoms with E-state index in [-0.39, 0.29) is 38.2 Å². The second kappa shape index (κ2) is 11.3. The molecule has 0 unspecified atom stereocenters. The van der Waals surface area contributed by atoms with Crippen LogP contribution in [0.15, 0.2) is 61.1 Å². The van der Waals surface area contributed by atoms with Crippen LogP contribution >= 0.6 is 0 Å². The minimum Gasteiger partial charge on any atom is -0.336 e. The molecule has 3 N–H and O–H groups in total. The largest absolute Gasteiger partial charge is 0.336 e. The minimum atomic E-state index is -3.49. The highest BCUT2D eigenvalue weighted by molar-refractivity contribution is 7.88. The normalized spacial score (nSPS) is 15.3. The van der Waals surface area contributed by atoms with E-state index >= 15 is 4.39 Å². The Hall–Kier alpha value is -4.73. The Morgan fingerprint density at radius 3 is 2.61 bits per heavy atom. The molecule has 4 aromatic heterocycles. The molecule has 0 radical (unpaired) electrons. The number of aromatic amines is 2. The molecule has 10 nitrogen and oxygen atoms in total. The molecule has 15 heteroatoms. The van der Waals surface area contributed by atoms with Crippen LogP contribution < -0.4 is 4.72 Å². The first-order valence-electron chi connectivity index (χ1n) is 14.2. The third-order valence-electron chi connectivity index (χ3n) is 7.81. The van der Waals surface area contributed by atoms with Crippen LogP contribution in [-0.2, 0) is 23.1 Å². The standard InChI is InChI=1S/C31H26F4N8O2S/c1-46(44,45)38-13-17-6-19(9-21(32)8-17)27-29-25(2-4-37-27)39-30(40-29)28-23-10-22(24(33)11-26(23)41-42-28)20-7-18(12-36-14-20)15-43-5-3-31(34,35)16-43/h2,4,6-12,14,38H,3,5,13,15-16H2,1H3,(H,39,40)(H,41,42). The van der Waals surface area contributed by atoms with E-state index in [9.17, 15) is 21.6 Å². The van der Waals surface area contributed by atoms with Gasteiger partial charge in [0, 0.05) is 72.8 Å². The zero-order chi connectivity index (χ0) is 32.2. The van der Waals surface area contributed by atoms with Crippen molar-refractivity contribution in [3.05, 3.63) is 83.8 Å². The van der Waals surface area contributed by atoms with Crippen molar-refractivity contribution in [2.75, 3.05) is 19.3 Å². The smallest absolute Gasteiger partial charge is 0.261 e. The SMILES string of the molecule is CS(=O)(=O)NCc1cc(F)cc(-c2nccc3[nH]c(-c4n[nH]c5cc(F)c(-c6cncc(CN7CCC(F)(F)C7)c6)cc45)nc23)c1. The van der Waals surface area contributed by atoms with Gasteiger partial charge in [0.2, 0.25) is 10.0 Å². The van der Waals surface area contributed by atoms with Crippen LogP contribution in [0.1, 0.15) is 17.5 Å². The Morgan fingerprint density at radius 1 is 1.00 bits per heavy atom. The summed E-state index contributed by atoms with van der Waals surface area (Å²) in [4.78, 5) is 18.3. The van der Waals surface area contributed by atoms with Crippen LogP contribution in [0.4, 0.5) is 17.6 Å². The highest BCUT2D eigenvalue weighted by atomic mass is 32.2. The number of alkyl halides is 2. The van der Waals surface area contributed by atoms with Crippen LogP contribution in [0.2, 0.25) is 0 Å². The zero-order valence-corrected chi connectivity index (χ0v) is 25.1. The van der Waals surface area contributed by atoms with E-state index in [1.807, 2.05) is 0 Å². The monoisotopic (exact) mass is 650 g/mol. The molecule has 0 aliphatic carbocycles. The molecule has 2 aromatic carbocycles. The van der Waals surface area contributed by atoms with E-state index in [0.717, 1.165) is 6.26 Å². The van der Waals surface area contributed by atoms with Gasteiger partial charge < -0.3 is 4.98 Å². The molecule has 1 saturated heterocycles. The van der Waals surface area contributed by atoms with Crippen molar-refractivity contribution in [2.45, 2.75) is 25.4 Å². The fourth-order valence-electron chi connectivity index (χ4n) is 5.72. The first kappa shape index (κ1) is 30.0. The summed E-state index contributed by atoms with van der Waals surface area (Å²) in [6.45, 7) is 0.112. The predicted octanol–water partition coefficient (Wildman–Crippen LogP) is 5.40. The summed E-state index contributed by atoms with van der Waals surface area (Å²) in [5, 5.41) is 7.79. The lowest BCUT2D eigenvalue weighted by Crippen LogP contribution is -2.24. The van der Waals surface area contributed by atoms with Crippen molar-refractivity contribution in [1.29, 1.82) is 0 Å². The average Bonchev–Trinajstić information content (AvgIpc) is 3.70. The molecule has 1 aliphatic rings. The second-order valence-corrected chi connectivity index (χ2v) is 13.3. The molecular weight excluding hydrogens is 624 g/mol. The van der Waals surface area contributed by atoms with Crippen molar-refractivity contribution in [1.82, 2.24) is 39.8 Å². The van der Waals surface area contributed by atoms with E-state index in [1.165, 1.54) is 24.4 Å². The lowest BCUT2D eigenvalue weighted by molar-refractivity contribution is 0.0115. The zero-order valence-electron chi connectivity index (χ0n) is 24.3. The molecule has 0 spiro atoms. The summed E-state index contributed by atoms with van der Waals surface area (Å²) in [6, 6.07) is 10.6. The molecule has 1 aliphatic heterocycles. The molecule has 6 aromatic rings. The van der Waals surface area contributed by atoms with E-state index in [4.69, 9.17) is 4.98 Å². The molecule has 0 atom stereocenters. The molecule has 0 saturated carbocycles. The maximum atomic E-state index is 15.4. The quantitative estimate of drug-likeness (QED) is 0.188. The fourth-order valence-corrected chi connectivity index (χ4v) is 6.15. The minimum absolute atomic E-state index is 0.101. The number of nitrogens with one attached hydrogen (secondary N) is 3. The highest BCUT2D eigenvalue weighted by Crippen LogP contribution is 2.35. The number of sulfonamides is 1. The van der Waals surface area contributed by atoms with Crippen LogP contribution in [-0.4, -0.2) is 68.7 Å². The fraction of sp³-hybridized carbons (Fsp3) is 0.226. The van der Waals surface area contributed by atoms with Gasteiger partial charge >= 0.3 is 0 Å². The topological polar surface area (TPSA) is 133 Å². The Morgan fingerprint density at radius 2 is 1.83 bits per heavy atom. The third-order valence-corrected chi connectivity index (χ3v) is 8.47. The molecule has 0 amide bonds. The number of fused-ring (bicyclic) bond motifs is 2. The van der Waals surface area contributed by atoms with E-state index in [2.05, 4.69) is 29.9 Å². The summed E-state index contributed by atoms with van der Waals surface area (Å²) in [6.07, 6.45) is 5.47. The maximum absolute atomic E-state index is 15.4. The first-order chi connectivity index (χ1) is 21.9. The number of likely N-dealkylation sites (tertiary alicyclic amines) is 1. The van der Waals surface area contributed by atoms with Crippen molar-refractivity contribution in [2.24, 2.45) is 0 Å². The average molecular weight is 651 g/mol. The lowest BCUT2D eigenvalue weighted by Gasteiger charge is -2.16. The third kappa shape index (κ3) is 6.08. The Bertz CT molecular complexity index is 2240. The van der Waals surface area contributed by atoms with Gasteiger partial charge in [-0.3, -0.25) is 20.0 Å². The molecule has 1 fully saturated rings. The van der Waals surface area contributed by atoms with Gasteiger partial charge in [0.15, 0.2) is 5.82 Å². The number of halogens is 4. The molecule has 0 bridgehead atoms. The number of H-pyrrole nitrogens is 2. The van der Waals surface area contributed by atoms with Crippen molar-refractivity contribution in [3.63, 3.8) is 0 Å². The number of aromatic nitrogens is 6. The maximum Gasteiger partial charge on any atom is 0.261 e. The Balaban J connectivity index is 1.24. The van der Waals surface area contributed by atoms with Gasteiger partial charge in [-0.1, -0.05) is 0 Å². The van der Waals surface area contributed by atoms with Crippen molar-refractivity contribution >= 4 is 32.0 Å². The summed E-state index contributed by atoms with van der Waals surface area (Å²) < 4.78 is 82.8. The van der Waals surface area contributed by atoms with Gasteiger partial charge in [0.05, 0.1) is 29.5 Å². The number of imidazole rings is 1. The molecule has 5 heterocycles. The second-order valence-electron chi connectivity index (χ2n) is 11.4. The summed E-state index contributed by atoms with van der Waals surface area (Å²) >= 11 is 0. The Kier molecular flexibility index (Phi) is 7.33. The number of nitrogens with zero attached hydrogens (tertiary/aromatic N) is 5. The van der Waals surface area contributed by atoms with Gasteiger partial charge in [-0.15, -0.1) is 0 Å². The van der Waals surface area contributed by atoms with Crippen LogP contribution in [0, 0.1) is 11.6 Å². The molecular formula is C31H26F4N8O2S. The molecule has 46 heavy (non-hydrogen) atoms. The number of hydrogen-bond acceptors (Lipinski definition) is 7. The number of hydrogen-bond donors (Lipinski definition) is 3. The van der Waals surface area contributed by atoms with Crippen LogP contribution in [0.5, 0.6) is 0 Å². The number of pyridine rings is 2. The number of rotatable bonds is 8. The summed E-state index contributed by atoms with van der Waals surface area (Å²) in [5.74, 6) is -3.45. The summed E-state index contributed by atoms with van der Waals surface area (Å²) in [5.41, 5.74) is 4.43. The van der Waals surface area contributed by atoms with Gasteiger partial charge in [0.25, 0.3) is 5.92 Å². The van der Waals surface area contributed by atoms with E-state index in [0.29, 0.717) is 61.4 Å². The summed E-state index contributed by atoms with van der Waals surface area (Å²) in [7, 11) is -3.49. The van der Waals surface area contributed by atoms with Crippen molar-refractivity contribution in [3.8, 4) is 33.9 Å². The molecule has 7 rings (SSSR count). The Labute approximate surface area is 260 Å². The van der Waals surface area contributed by atoms with Gasteiger partial charge in [0.1, 0.15) is 22.8 Å². The highest BCUT2D eigenvalue weighted by Gasteiger charge is 2.38. The van der Waals surface area contributed by atoms with Gasteiger partial charge in [-0.05, 0) is 47.5 Å². The predicted molar refractivity (Wildman–Crippen MR) is 164 cm³/mol. The first-order valence-corrected chi connectivity index (χ1v) is 16.1. The lowest BCUT2D eigenvalue weighted by atomic mass is 10.0. The van der Waals surface area contributed by atoms with Crippen LogP contribution in [0.3, 0.4) is 0 Å². The van der Waals surface area contributed by atoms with Gasteiger partial charge in [-0.2, -0.15) is 5.10 Å². The van der Waals surface area contributed by atoms with Crippen LogP contribution in [0.25, 0.3) is 55.8 Å². The van der Waals surface area contributed by atoms with Gasteiger partial charge in [-0.25, -0.2) is 35.7 Å².